The van der Waals surface area contributed by atoms with Crippen molar-refractivity contribution in [3.05, 3.63) is 35.9 Å². The van der Waals surface area contributed by atoms with Crippen LogP contribution in [0.3, 0.4) is 0 Å². The van der Waals surface area contributed by atoms with E-state index in [2.05, 4.69) is 24.4 Å². The highest BCUT2D eigenvalue weighted by atomic mass is 35.5. The Kier molecular flexibility index (Phi) is 6.54. The summed E-state index contributed by atoms with van der Waals surface area (Å²) in [5.41, 5.74) is 1.21. The van der Waals surface area contributed by atoms with E-state index in [4.69, 9.17) is 4.74 Å². The van der Waals surface area contributed by atoms with Crippen LogP contribution in [-0.4, -0.2) is 20.2 Å². The molecule has 2 unspecified atom stereocenters. The van der Waals surface area contributed by atoms with Gasteiger partial charge in [0.2, 0.25) is 0 Å². The Morgan fingerprint density at radius 1 is 1.21 bits per heavy atom. The first kappa shape index (κ1) is 13.4. The molecule has 2 atom stereocenters. The second kappa shape index (κ2) is 6.82. The first-order valence-corrected chi connectivity index (χ1v) is 4.54. The van der Waals surface area contributed by atoms with Crippen molar-refractivity contribution in [1.82, 2.24) is 5.32 Å². The molecule has 1 aromatic carbocycles. The van der Waals surface area contributed by atoms with Crippen LogP contribution in [0.4, 0.5) is 0 Å². The Hall–Kier alpha value is -0.570. The minimum absolute atomic E-state index is 0. The molecular weight excluding hydrogens is 198 g/mol. The largest absolute Gasteiger partial charge is 0.375 e. The van der Waals surface area contributed by atoms with Gasteiger partial charge in [-0.05, 0) is 19.5 Å². The highest BCUT2D eigenvalue weighted by Crippen LogP contribution is 2.19. The number of likely N-dealkylation sites (N-methyl/N-ethyl adjacent to an activating group) is 1. The fourth-order valence-electron chi connectivity index (χ4n) is 1.42. The molecule has 2 nitrogen and oxygen atoms in total. The molecule has 14 heavy (non-hydrogen) atoms. The molecular formula is C11H18ClNO. The number of hydrogen-bond donors (Lipinski definition) is 1. The quantitative estimate of drug-likeness (QED) is 0.833. The van der Waals surface area contributed by atoms with Crippen molar-refractivity contribution >= 4 is 12.4 Å². The third kappa shape index (κ3) is 3.29. The topological polar surface area (TPSA) is 21.3 Å². The Bertz CT molecular complexity index is 240. The van der Waals surface area contributed by atoms with Crippen molar-refractivity contribution in [2.75, 3.05) is 14.2 Å². The van der Waals surface area contributed by atoms with Crippen LogP contribution < -0.4 is 5.32 Å². The van der Waals surface area contributed by atoms with Gasteiger partial charge in [0.15, 0.2) is 0 Å². The van der Waals surface area contributed by atoms with Crippen LogP contribution in [0.1, 0.15) is 18.6 Å². The normalized spacial score (nSPS) is 14.2. The van der Waals surface area contributed by atoms with E-state index in [-0.39, 0.29) is 18.5 Å². The smallest absolute Gasteiger partial charge is 0.0971 e. The predicted molar refractivity (Wildman–Crippen MR) is 62.0 cm³/mol. The lowest BCUT2D eigenvalue weighted by atomic mass is 10.0. The van der Waals surface area contributed by atoms with Gasteiger partial charge in [-0.3, -0.25) is 0 Å². The molecule has 0 heterocycles. The molecule has 0 aromatic heterocycles. The van der Waals surface area contributed by atoms with Gasteiger partial charge in [0.05, 0.1) is 6.10 Å². The van der Waals surface area contributed by atoms with Crippen molar-refractivity contribution in [2.45, 2.75) is 19.1 Å². The lowest BCUT2D eigenvalue weighted by Crippen LogP contribution is -2.29. The molecule has 0 amide bonds. The van der Waals surface area contributed by atoms with Crippen LogP contribution in [0.15, 0.2) is 30.3 Å². The van der Waals surface area contributed by atoms with E-state index in [1.54, 1.807) is 7.11 Å². The van der Waals surface area contributed by atoms with Crippen molar-refractivity contribution in [3.8, 4) is 0 Å². The van der Waals surface area contributed by atoms with Crippen molar-refractivity contribution in [2.24, 2.45) is 0 Å². The number of ether oxygens (including phenoxy) is 1. The van der Waals surface area contributed by atoms with E-state index >= 15 is 0 Å². The van der Waals surface area contributed by atoms with Gasteiger partial charge in [0, 0.05) is 13.2 Å². The van der Waals surface area contributed by atoms with Gasteiger partial charge in [0.25, 0.3) is 0 Å². The molecule has 0 spiro atoms. The van der Waals surface area contributed by atoms with Crippen molar-refractivity contribution in [3.63, 3.8) is 0 Å². The van der Waals surface area contributed by atoms with Gasteiger partial charge >= 0.3 is 0 Å². The molecule has 1 rings (SSSR count). The van der Waals surface area contributed by atoms with Gasteiger partial charge in [-0.1, -0.05) is 30.3 Å². The minimum Gasteiger partial charge on any atom is -0.375 e. The van der Waals surface area contributed by atoms with E-state index in [0.717, 1.165) is 0 Å². The molecule has 1 N–H and O–H groups in total. The van der Waals surface area contributed by atoms with E-state index in [1.807, 2.05) is 25.2 Å². The third-order valence-electron chi connectivity index (χ3n) is 2.29. The highest BCUT2D eigenvalue weighted by Gasteiger charge is 2.16. The Morgan fingerprint density at radius 3 is 2.21 bits per heavy atom. The van der Waals surface area contributed by atoms with E-state index < -0.39 is 0 Å². The molecule has 0 aliphatic carbocycles. The summed E-state index contributed by atoms with van der Waals surface area (Å²) in [6.45, 7) is 2.11. The number of halogens is 1. The molecule has 0 saturated carbocycles. The first-order valence-electron chi connectivity index (χ1n) is 4.54. The van der Waals surface area contributed by atoms with Crippen LogP contribution >= 0.6 is 12.4 Å². The van der Waals surface area contributed by atoms with Crippen molar-refractivity contribution < 1.29 is 4.74 Å². The predicted octanol–water partition coefficient (Wildman–Crippen LogP) is 2.40. The summed E-state index contributed by atoms with van der Waals surface area (Å²) in [5, 5.41) is 3.19. The summed E-state index contributed by atoms with van der Waals surface area (Å²) >= 11 is 0. The summed E-state index contributed by atoms with van der Waals surface area (Å²) in [7, 11) is 3.69. The van der Waals surface area contributed by atoms with E-state index in [1.165, 1.54) is 5.56 Å². The zero-order chi connectivity index (χ0) is 9.68. The standard InChI is InChI=1S/C11H17NO.ClH/c1-9(12-2)11(13-3)10-7-5-4-6-8-10;/h4-9,11-12H,1-3H3;1H. The van der Waals surface area contributed by atoms with Gasteiger partial charge in [-0.25, -0.2) is 0 Å². The summed E-state index contributed by atoms with van der Waals surface area (Å²) in [5.74, 6) is 0. The third-order valence-corrected chi connectivity index (χ3v) is 2.29. The maximum Gasteiger partial charge on any atom is 0.0971 e. The lowest BCUT2D eigenvalue weighted by molar-refractivity contribution is 0.0761. The minimum atomic E-state index is 0. The van der Waals surface area contributed by atoms with Crippen LogP contribution in [0.5, 0.6) is 0 Å². The number of hydrogen-bond acceptors (Lipinski definition) is 2. The molecule has 0 saturated heterocycles. The Balaban J connectivity index is 0.00000169. The summed E-state index contributed by atoms with van der Waals surface area (Å²) in [6, 6.07) is 10.6. The second-order valence-corrected chi connectivity index (χ2v) is 3.14. The molecule has 1 aromatic rings. The number of benzene rings is 1. The Morgan fingerprint density at radius 2 is 1.79 bits per heavy atom. The lowest BCUT2D eigenvalue weighted by Gasteiger charge is -2.22. The van der Waals surface area contributed by atoms with Gasteiger partial charge in [-0.2, -0.15) is 0 Å². The maximum atomic E-state index is 5.43. The molecule has 0 bridgehead atoms. The monoisotopic (exact) mass is 215 g/mol. The molecule has 0 radical (unpaired) electrons. The fraction of sp³-hybridized carbons (Fsp3) is 0.455. The van der Waals surface area contributed by atoms with Crippen LogP contribution in [-0.2, 0) is 4.74 Å². The molecule has 0 fully saturated rings. The average Bonchev–Trinajstić information content (AvgIpc) is 2.20. The second-order valence-electron chi connectivity index (χ2n) is 3.14. The SMILES string of the molecule is CNC(C)C(OC)c1ccccc1.Cl. The van der Waals surface area contributed by atoms with E-state index in [9.17, 15) is 0 Å². The zero-order valence-corrected chi connectivity index (χ0v) is 9.67. The maximum absolute atomic E-state index is 5.43. The molecule has 80 valence electrons. The van der Waals surface area contributed by atoms with Crippen molar-refractivity contribution in [1.29, 1.82) is 0 Å². The van der Waals surface area contributed by atoms with E-state index in [0.29, 0.717) is 6.04 Å². The number of nitrogens with one attached hydrogen (secondary N) is 1. The van der Waals surface area contributed by atoms with Gasteiger partial charge in [-0.15, -0.1) is 12.4 Å². The zero-order valence-electron chi connectivity index (χ0n) is 8.86. The number of rotatable bonds is 4. The summed E-state index contributed by atoms with van der Waals surface area (Å²) in [6.07, 6.45) is 0.131. The highest BCUT2D eigenvalue weighted by molar-refractivity contribution is 5.85. The summed E-state index contributed by atoms with van der Waals surface area (Å²) < 4.78 is 5.43. The Labute approximate surface area is 92.1 Å². The van der Waals surface area contributed by atoms with Crippen LogP contribution in [0.25, 0.3) is 0 Å². The number of methoxy groups -OCH3 is 1. The van der Waals surface area contributed by atoms with Crippen LogP contribution in [0.2, 0.25) is 0 Å². The average molecular weight is 216 g/mol. The first-order chi connectivity index (χ1) is 6.29. The molecule has 0 aliphatic heterocycles. The molecule has 0 aliphatic rings. The fourth-order valence-corrected chi connectivity index (χ4v) is 1.42. The van der Waals surface area contributed by atoms with Crippen LogP contribution in [0, 0.1) is 0 Å². The van der Waals surface area contributed by atoms with Gasteiger partial charge < -0.3 is 10.1 Å². The summed E-state index contributed by atoms with van der Waals surface area (Å²) in [4.78, 5) is 0. The van der Waals surface area contributed by atoms with Gasteiger partial charge in [0.1, 0.15) is 0 Å². The molecule has 3 heteroatoms.